The summed E-state index contributed by atoms with van der Waals surface area (Å²) in [6, 6.07) is 17.0. The van der Waals surface area contributed by atoms with Gasteiger partial charge in [-0.2, -0.15) is 0 Å². The van der Waals surface area contributed by atoms with Crippen molar-refractivity contribution in [2.24, 2.45) is 0 Å². The highest BCUT2D eigenvalue weighted by Crippen LogP contribution is 2.28. The number of nitrogens with zero attached hydrogens (tertiary/aromatic N) is 1. The van der Waals surface area contributed by atoms with Crippen LogP contribution in [-0.2, 0) is 0 Å². The normalized spacial score (nSPS) is 10.9. The fraction of sp³-hybridized carbons (Fsp3) is 0.167. The number of anilines is 1. The zero-order valence-electron chi connectivity index (χ0n) is 16.9. The Labute approximate surface area is 169 Å². The molecule has 4 rings (SSSR count). The third-order valence-electron chi connectivity index (χ3n) is 5.05. The Morgan fingerprint density at radius 1 is 0.966 bits per heavy atom. The van der Waals surface area contributed by atoms with Crippen molar-refractivity contribution in [2.75, 3.05) is 12.4 Å². The zero-order valence-corrected chi connectivity index (χ0v) is 16.9. The Bertz CT molecular complexity index is 1170. The molecule has 0 fully saturated rings. The number of carbonyl (C=O) groups is 1. The SMILES string of the molecule is COc1c(C)cccc1C(=O)Nc1ccc(-c2nc3cc(C)c(C)cc3o2)cc1. The first-order valence-electron chi connectivity index (χ1n) is 9.39. The number of amides is 1. The monoisotopic (exact) mass is 386 g/mol. The van der Waals surface area contributed by atoms with Gasteiger partial charge < -0.3 is 14.5 Å². The molecule has 3 aromatic carbocycles. The van der Waals surface area contributed by atoms with Crippen molar-refractivity contribution in [3.63, 3.8) is 0 Å². The minimum atomic E-state index is -0.217. The van der Waals surface area contributed by atoms with Gasteiger partial charge in [-0.3, -0.25) is 4.79 Å². The lowest BCUT2D eigenvalue weighted by Crippen LogP contribution is -2.13. The number of fused-ring (bicyclic) bond motifs is 1. The summed E-state index contributed by atoms with van der Waals surface area (Å²) in [5, 5.41) is 2.91. The smallest absolute Gasteiger partial charge is 0.259 e. The van der Waals surface area contributed by atoms with E-state index in [1.54, 1.807) is 13.2 Å². The van der Waals surface area contributed by atoms with Crippen molar-refractivity contribution >= 4 is 22.7 Å². The number of aromatic nitrogens is 1. The van der Waals surface area contributed by atoms with Crippen LogP contribution in [0.2, 0.25) is 0 Å². The molecule has 1 aromatic heterocycles. The van der Waals surface area contributed by atoms with Gasteiger partial charge in [0.05, 0.1) is 12.7 Å². The number of nitrogens with one attached hydrogen (secondary N) is 1. The number of hydrogen-bond donors (Lipinski definition) is 1. The molecule has 0 spiro atoms. The molecule has 0 aliphatic heterocycles. The number of benzene rings is 3. The van der Waals surface area contributed by atoms with Gasteiger partial charge in [0.1, 0.15) is 11.3 Å². The Morgan fingerprint density at radius 3 is 2.41 bits per heavy atom. The summed E-state index contributed by atoms with van der Waals surface area (Å²) in [4.78, 5) is 17.2. The van der Waals surface area contributed by atoms with Crippen LogP contribution in [0.25, 0.3) is 22.6 Å². The van der Waals surface area contributed by atoms with Gasteiger partial charge in [-0.05, 0) is 79.9 Å². The lowest BCUT2D eigenvalue weighted by molar-refractivity contribution is 0.102. The summed E-state index contributed by atoms with van der Waals surface area (Å²) in [5.74, 6) is 0.924. The van der Waals surface area contributed by atoms with E-state index in [1.807, 2.05) is 55.5 Å². The summed E-state index contributed by atoms with van der Waals surface area (Å²) in [5.41, 5.74) is 6.91. The largest absolute Gasteiger partial charge is 0.496 e. The molecule has 0 bridgehead atoms. The summed E-state index contributed by atoms with van der Waals surface area (Å²) in [6.07, 6.45) is 0. The number of ether oxygens (including phenoxy) is 1. The quantitative estimate of drug-likeness (QED) is 0.490. The van der Waals surface area contributed by atoms with Crippen LogP contribution in [0, 0.1) is 20.8 Å². The lowest BCUT2D eigenvalue weighted by atomic mass is 10.1. The van der Waals surface area contributed by atoms with E-state index in [0.29, 0.717) is 22.9 Å². The van der Waals surface area contributed by atoms with Gasteiger partial charge >= 0.3 is 0 Å². The minimum absolute atomic E-state index is 0.217. The van der Waals surface area contributed by atoms with Gasteiger partial charge in [-0.25, -0.2) is 4.98 Å². The fourth-order valence-corrected chi connectivity index (χ4v) is 3.30. The molecule has 0 saturated heterocycles. The molecule has 1 N–H and O–H groups in total. The molecule has 0 radical (unpaired) electrons. The van der Waals surface area contributed by atoms with Crippen LogP contribution in [-0.4, -0.2) is 18.0 Å². The van der Waals surface area contributed by atoms with E-state index in [2.05, 4.69) is 24.1 Å². The van der Waals surface area contributed by atoms with Crippen molar-refractivity contribution in [1.29, 1.82) is 0 Å². The molecule has 0 unspecified atom stereocenters. The van der Waals surface area contributed by atoms with Crippen molar-refractivity contribution in [3.05, 3.63) is 76.9 Å². The number of aryl methyl sites for hydroxylation is 3. The fourth-order valence-electron chi connectivity index (χ4n) is 3.30. The van der Waals surface area contributed by atoms with Crippen LogP contribution in [0.4, 0.5) is 5.69 Å². The number of carbonyl (C=O) groups excluding carboxylic acids is 1. The van der Waals surface area contributed by atoms with Crippen LogP contribution in [0.1, 0.15) is 27.0 Å². The van der Waals surface area contributed by atoms with E-state index in [1.165, 1.54) is 11.1 Å². The predicted molar refractivity (Wildman–Crippen MR) is 115 cm³/mol. The summed E-state index contributed by atoms with van der Waals surface area (Å²) < 4.78 is 11.3. The lowest BCUT2D eigenvalue weighted by Gasteiger charge is -2.11. The second kappa shape index (κ2) is 7.43. The molecular weight excluding hydrogens is 364 g/mol. The maximum Gasteiger partial charge on any atom is 0.259 e. The standard InChI is InChI=1S/C24H22N2O3/c1-14-6-5-7-19(22(14)28-4)23(27)25-18-10-8-17(9-11-18)24-26-20-12-15(2)16(3)13-21(20)29-24/h5-13H,1-4H3,(H,25,27). The van der Waals surface area contributed by atoms with Crippen molar-refractivity contribution in [1.82, 2.24) is 4.98 Å². The minimum Gasteiger partial charge on any atom is -0.496 e. The van der Waals surface area contributed by atoms with Gasteiger partial charge in [0.15, 0.2) is 5.58 Å². The Kier molecular flexibility index (Phi) is 4.80. The van der Waals surface area contributed by atoms with E-state index in [4.69, 9.17) is 9.15 Å². The topological polar surface area (TPSA) is 64.4 Å². The van der Waals surface area contributed by atoms with E-state index < -0.39 is 0 Å². The van der Waals surface area contributed by atoms with Crippen LogP contribution in [0.15, 0.2) is 59.0 Å². The third-order valence-corrected chi connectivity index (χ3v) is 5.05. The second-order valence-corrected chi connectivity index (χ2v) is 7.11. The highest BCUT2D eigenvalue weighted by Gasteiger charge is 2.15. The molecule has 0 atom stereocenters. The molecule has 29 heavy (non-hydrogen) atoms. The van der Waals surface area contributed by atoms with Crippen molar-refractivity contribution < 1.29 is 13.9 Å². The van der Waals surface area contributed by atoms with Gasteiger partial charge in [0.2, 0.25) is 5.89 Å². The van der Waals surface area contributed by atoms with Crippen LogP contribution >= 0.6 is 0 Å². The predicted octanol–water partition coefficient (Wildman–Crippen LogP) is 5.68. The van der Waals surface area contributed by atoms with Crippen LogP contribution in [0.3, 0.4) is 0 Å². The molecule has 146 valence electrons. The average Bonchev–Trinajstić information content (AvgIpc) is 3.11. The summed E-state index contributed by atoms with van der Waals surface area (Å²) in [6.45, 7) is 6.02. The maximum atomic E-state index is 12.7. The van der Waals surface area contributed by atoms with Gasteiger partial charge in [-0.15, -0.1) is 0 Å². The number of hydrogen-bond acceptors (Lipinski definition) is 4. The molecule has 0 saturated carbocycles. The van der Waals surface area contributed by atoms with E-state index in [-0.39, 0.29) is 5.91 Å². The molecule has 4 aromatic rings. The maximum absolute atomic E-state index is 12.7. The molecule has 0 aliphatic rings. The summed E-state index contributed by atoms with van der Waals surface area (Å²) >= 11 is 0. The van der Waals surface area contributed by atoms with Crippen LogP contribution < -0.4 is 10.1 Å². The van der Waals surface area contributed by atoms with Crippen molar-refractivity contribution in [2.45, 2.75) is 20.8 Å². The number of rotatable bonds is 4. The number of oxazole rings is 1. The Balaban J connectivity index is 1.57. The molecule has 5 nitrogen and oxygen atoms in total. The Hall–Kier alpha value is -3.60. The molecule has 1 amide bonds. The van der Waals surface area contributed by atoms with Gasteiger partial charge in [0, 0.05) is 11.3 Å². The highest BCUT2D eigenvalue weighted by atomic mass is 16.5. The van der Waals surface area contributed by atoms with E-state index in [0.717, 1.165) is 22.2 Å². The Morgan fingerprint density at radius 2 is 1.69 bits per heavy atom. The first-order valence-corrected chi connectivity index (χ1v) is 9.39. The molecule has 5 heteroatoms. The first-order chi connectivity index (χ1) is 14.0. The number of methoxy groups -OCH3 is 1. The van der Waals surface area contributed by atoms with Gasteiger partial charge in [-0.1, -0.05) is 12.1 Å². The number of para-hydroxylation sites is 1. The van der Waals surface area contributed by atoms with E-state index in [9.17, 15) is 4.79 Å². The third kappa shape index (κ3) is 3.59. The van der Waals surface area contributed by atoms with E-state index >= 15 is 0 Å². The first kappa shape index (κ1) is 18.7. The molecule has 1 heterocycles. The molecular formula is C24H22N2O3. The zero-order chi connectivity index (χ0) is 20.5. The highest BCUT2D eigenvalue weighted by molar-refractivity contribution is 6.06. The summed E-state index contributed by atoms with van der Waals surface area (Å²) in [7, 11) is 1.57. The molecule has 0 aliphatic carbocycles. The second-order valence-electron chi connectivity index (χ2n) is 7.11. The van der Waals surface area contributed by atoms with Gasteiger partial charge in [0.25, 0.3) is 5.91 Å². The average molecular weight is 386 g/mol. The van der Waals surface area contributed by atoms with Crippen LogP contribution in [0.5, 0.6) is 5.75 Å². The van der Waals surface area contributed by atoms with Crippen molar-refractivity contribution in [3.8, 4) is 17.2 Å².